The first-order valence-corrected chi connectivity index (χ1v) is 32.6. The molecule has 1 aromatic rings. The third-order valence-electron chi connectivity index (χ3n) is 23.7. The van der Waals surface area contributed by atoms with Crippen LogP contribution in [0.1, 0.15) is 162 Å². The van der Waals surface area contributed by atoms with E-state index in [4.69, 9.17) is 10.7 Å². The first kappa shape index (κ1) is 53.5. The lowest BCUT2D eigenvalue weighted by molar-refractivity contribution is -0.204. The number of ketones is 1. The second-order valence-electron chi connectivity index (χ2n) is 27.7. The van der Waals surface area contributed by atoms with Crippen LogP contribution in [-0.2, 0) is 4.79 Å². The van der Waals surface area contributed by atoms with E-state index in [-0.39, 0.29) is 71.0 Å². The number of aliphatic hydroxyl groups is 5. The van der Waals surface area contributed by atoms with Crippen molar-refractivity contribution in [1.29, 1.82) is 0 Å². The minimum absolute atomic E-state index is 0.0171. The lowest BCUT2D eigenvalue weighted by Crippen LogP contribution is -2.70. The maximum atomic E-state index is 15.8. The van der Waals surface area contributed by atoms with Gasteiger partial charge < -0.3 is 46.5 Å². The lowest BCUT2D eigenvalue weighted by Gasteiger charge is -2.67. The second-order valence-corrected chi connectivity index (χ2v) is 30.2. The van der Waals surface area contributed by atoms with Gasteiger partial charge in [-0.2, -0.15) is 0 Å². The number of aliphatic imine (C=N–C) groups is 1. The van der Waals surface area contributed by atoms with Gasteiger partial charge in [0.15, 0.2) is 11.7 Å². The summed E-state index contributed by atoms with van der Waals surface area (Å²) in [5, 5.41) is 70.0. The highest BCUT2D eigenvalue weighted by Crippen LogP contribution is 2.76. The predicted molar refractivity (Wildman–Crippen MR) is 299 cm³/mol. The molecule has 14 heteroatoms. The van der Waals surface area contributed by atoms with Crippen LogP contribution in [0.4, 0.5) is 0 Å². The highest BCUT2D eigenvalue weighted by Gasteiger charge is 2.75. The number of fused-ring (bicyclic) bond motifs is 14. The molecule has 11 aliphatic rings. The number of hydrogen-bond acceptors (Lipinski definition) is 11. The van der Waals surface area contributed by atoms with E-state index >= 15 is 4.79 Å². The predicted octanol–water partition coefficient (Wildman–Crippen LogP) is 8.91. The van der Waals surface area contributed by atoms with Gasteiger partial charge in [-0.05, 0) is 174 Å². The van der Waals surface area contributed by atoms with Crippen molar-refractivity contribution in [3.8, 4) is 0 Å². The van der Waals surface area contributed by atoms with Crippen LogP contribution in [0.2, 0.25) is 0 Å². The second kappa shape index (κ2) is 20.1. The Balaban J connectivity index is 1.05. The topological polar surface area (TPSA) is 198 Å². The van der Waals surface area contributed by atoms with Gasteiger partial charge in [0, 0.05) is 78.0 Å². The molecule has 0 radical (unpaired) electrons. The van der Waals surface area contributed by atoms with Gasteiger partial charge in [-0.25, -0.2) is 4.98 Å². The summed E-state index contributed by atoms with van der Waals surface area (Å²) in [5.74, 6) is 0.778. The molecule has 1 spiro atoms. The van der Waals surface area contributed by atoms with Crippen molar-refractivity contribution in [2.24, 2.45) is 97.5 Å². The summed E-state index contributed by atoms with van der Waals surface area (Å²) in [7, 11) is 5.66. The van der Waals surface area contributed by atoms with E-state index in [0.29, 0.717) is 42.5 Å². The number of nitrogens with zero attached hydrogens (tertiary/aromatic N) is 3. The Kier molecular flexibility index (Phi) is 14.3. The summed E-state index contributed by atoms with van der Waals surface area (Å²) >= 11 is 0. The van der Waals surface area contributed by atoms with Gasteiger partial charge in [0.25, 0.3) is 0 Å². The summed E-state index contributed by atoms with van der Waals surface area (Å²) in [5.41, 5.74) is 11.3. The molecule has 8 fully saturated rings. The molecule has 2 heterocycles. The molecule has 10 aliphatic carbocycles. The number of allylic oxidation sites excluding steroid dienone is 3. The molecule has 12 nitrogen and oxygen atoms in total. The molecule has 18 atom stereocenters. The fourth-order valence-corrected chi connectivity index (χ4v) is 24.2. The van der Waals surface area contributed by atoms with Gasteiger partial charge in [-0.3, -0.25) is 9.79 Å². The van der Waals surface area contributed by atoms with Crippen molar-refractivity contribution in [3.63, 3.8) is 0 Å². The molecule has 1 aliphatic heterocycles. The van der Waals surface area contributed by atoms with E-state index in [1.165, 1.54) is 44.9 Å². The molecule has 75 heavy (non-hydrogen) atoms. The van der Waals surface area contributed by atoms with Gasteiger partial charge in [0.05, 0.1) is 30.2 Å². The van der Waals surface area contributed by atoms with E-state index in [2.05, 4.69) is 47.2 Å². The lowest BCUT2D eigenvalue weighted by atomic mass is 9.37. The summed E-state index contributed by atoms with van der Waals surface area (Å²) in [6, 6.07) is 0.179. The van der Waals surface area contributed by atoms with Crippen LogP contribution in [0.25, 0.3) is 0 Å². The number of imidazole rings is 1. The summed E-state index contributed by atoms with van der Waals surface area (Å²) in [6.07, 6.45) is 25.4. The fraction of sp³-hybridized carbons (Fsp3) is 0.820. The molecule has 1 saturated heterocycles. The van der Waals surface area contributed by atoms with Gasteiger partial charge >= 0.3 is 0 Å². The Hall–Kier alpha value is -2.17. The maximum absolute atomic E-state index is 15.8. The van der Waals surface area contributed by atoms with Crippen LogP contribution in [0.3, 0.4) is 0 Å². The van der Waals surface area contributed by atoms with E-state index in [1.54, 1.807) is 29.2 Å². The average molecular weight is 1070 g/mol. The van der Waals surface area contributed by atoms with Crippen molar-refractivity contribution in [2.45, 2.75) is 192 Å². The van der Waals surface area contributed by atoms with Crippen molar-refractivity contribution in [3.05, 3.63) is 52.7 Å². The van der Waals surface area contributed by atoms with Gasteiger partial charge in [-0.15, -0.1) is 0 Å². The molecule has 18 unspecified atom stereocenters. The summed E-state index contributed by atoms with van der Waals surface area (Å²) in [4.78, 5) is 25.5. The molecule has 9 N–H and O–H groups in total. The molecule has 12 rings (SSSR count). The zero-order chi connectivity index (χ0) is 52.4. The minimum Gasteiger partial charge on any atom is -0.392 e. The SMILES string of the molecule is CNCC1C(O)C(O)CC2(C3CCCCC3)C3C(=CC(=O)C12)C1(O)C2CSSCC(n4ccnc4)CC(C)(C)C4=C5CCCC6(CCCC6)C5C5=C6C(CCC5)CC(C(O)C64)C(C2)C1(C)CC3CN=C(N)NC(C)O. The number of nitrogens with two attached hydrogens (primary N) is 1. The molecule has 1 aromatic heterocycles. The number of aliphatic hydroxyl groups excluding tert-OH is 4. The number of guanidine groups is 1. The third kappa shape index (κ3) is 8.27. The van der Waals surface area contributed by atoms with Crippen LogP contribution < -0.4 is 16.4 Å². The number of rotatable bonds is 7. The van der Waals surface area contributed by atoms with Crippen LogP contribution in [0, 0.1) is 86.8 Å². The normalized spacial score (nSPS) is 45.0. The Bertz CT molecular complexity index is 2450. The molecule has 414 valence electrons. The molecule has 0 aromatic carbocycles. The Morgan fingerprint density at radius 2 is 1.65 bits per heavy atom. The molecule has 7 saturated carbocycles. The smallest absolute Gasteiger partial charge is 0.190 e. The number of hydrogen-bond donors (Lipinski definition) is 8. The Morgan fingerprint density at radius 3 is 2.39 bits per heavy atom. The van der Waals surface area contributed by atoms with Crippen LogP contribution in [-0.4, -0.2) is 109 Å². The van der Waals surface area contributed by atoms with E-state index in [0.717, 1.165) is 82.0 Å². The first-order chi connectivity index (χ1) is 36.0. The van der Waals surface area contributed by atoms with Crippen LogP contribution in [0.15, 0.2) is 57.7 Å². The first-order valence-electron chi connectivity index (χ1n) is 30.1. The van der Waals surface area contributed by atoms with Crippen molar-refractivity contribution in [1.82, 2.24) is 20.2 Å². The zero-order valence-corrected chi connectivity index (χ0v) is 47.5. The average Bonchev–Trinajstić information content (AvgIpc) is 4.22. The Morgan fingerprint density at radius 1 is 0.907 bits per heavy atom. The molecule has 0 amide bonds. The van der Waals surface area contributed by atoms with Crippen molar-refractivity contribution < 1.29 is 30.3 Å². The summed E-state index contributed by atoms with van der Waals surface area (Å²) in [6.45, 7) is 9.74. The molecule has 4 bridgehead atoms. The summed E-state index contributed by atoms with van der Waals surface area (Å²) < 4.78 is 2.34. The number of carbonyl (C=O) groups excluding carboxylic acids is 1. The minimum atomic E-state index is -1.39. The third-order valence-corrected chi connectivity index (χ3v) is 26.3. The van der Waals surface area contributed by atoms with E-state index < -0.39 is 52.8 Å². The number of carbonyl (C=O) groups is 1. The van der Waals surface area contributed by atoms with Crippen LogP contribution >= 0.6 is 21.6 Å². The Labute approximate surface area is 455 Å². The fourth-order valence-electron chi connectivity index (χ4n) is 21.5. The number of aromatic nitrogens is 2. The molecular formula is C61H92N6O6S2. The highest BCUT2D eigenvalue weighted by atomic mass is 33.1. The quantitative estimate of drug-likeness (QED) is 0.0425. The number of nitrogens with one attached hydrogen (secondary N) is 2. The van der Waals surface area contributed by atoms with Crippen molar-refractivity contribution >= 4 is 33.3 Å². The van der Waals surface area contributed by atoms with E-state index in [1.807, 2.05) is 47.2 Å². The van der Waals surface area contributed by atoms with Gasteiger partial charge in [0.2, 0.25) is 0 Å². The largest absolute Gasteiger partial charge is 0.392 e. The highest BCUT2D eigenvalue weighted by molar-refractivity contribution is 8.76. The van der Waals surface area contributed by atoms with Gasteiger partial charge in [-0.1, -0.05) is 96.8 Å². The van der Waals surface area contributed by atoms with Gasteiger partial charge in [0.1, 0.15) is 6.23 Å². The zero-order valence-electron chi connectivity index (χ0n) is 45.9. The standard InChI is InChI=1S/C61H92N6O6S2/c1-34(68)66-56(62)65-29-36-26-58(4)44-24-38(61(58,73)45-25-46(69)52-43(30-63-5)54(71)47(70)28-60(52,50(36)45)37-14-7-6-8-15-37)31-74-75-32-39(67-22-21-64-33-67)27-57(2,3)53-41-17-12-20-59(18-9-10-19-59)51(41)40-16-11-13-35-23-42(44)55(72)49(53)48(35)40/h21-22,25,33-39,42-44,47,49-52,54-55,63,68,70-73H,6-20,23-24,26-32H2,1-5H3,(H3,62,65,66). The monoisotopic (exact) mass is 1070 g/mol. The van der Waals surface area contributed by atoms with Crippen LogP contribution in [0.5, 0.6) is 0 Å². The van der Waals surface area contributed by atoms with E-state index in [9.17, 15) is 25.5 Å². The molecular weight excluding hydrogens is 977 g/mol. The van der Waals surface area contributed by atoms with Crippen molar-refractivity contribution in [2.75, 3.05) is 31.6 Å². The maximum Gasteiger partial charge on any atom is 0.190 e.